The molecule has 2 aromatic heterocycles. The number of hydrogen-bond acceptors (Lipinski definition) is 6. The Kier molecular flexibility index (Phi) is 4.10. The van der Waals surface area contributed by atoms with Crippen LogP contribution < -0.4 is 10.1 Å². The van der Waals surface area contributed by atoms with Crippen LogP contribution >= 0.6 is 11.3 Å². The molecule has 0 atom stereocenters. The Hall–Kier alpha value is -2.02. The summed E-state index contributed by atoms with van der Waals surface area (Å²) in [6.07, 6.45) is 5.77. The van der Waals surface area contributed by atoms with Crippen molar-refractivity contribution < 1.29 is 9.53 Å². The van der Waals surface area contributed by atoms with E-state index in [-0.39, 0.29) is 11.6 Å². The average molecular weight is 304 g/mol. The molecule has 2 aromatic rings. The second-order valence-electron chi connectivity index (χ2n) is 4.72. The minimum Gasteiger partial charge on any atom is -0.478 e. The first-order valence-electron chi connectivity index (χ1n) is 7.01. The maximum atomic E-state index is 12.2. The lowest BCUT2D eigenvalue weighted by atomic mass is 10.0. The van der Waals surface area contributed by atoms with E-state index in [1.165, 1.54) is 30.1 Å². The van der Waals surface area contributed by atoms with Crippen LogP contribution in [0.25, 0.3) is 0 Å². The first-order valence-corrected chi connectivity index (χ1v) is 7.82. The zero-order chi connectivity index (χ0) is 14.7. The van der Waals surface area contributed by atoms with E-state index in [4.69, 9.17) is 4.74 Å². The number of amides is 1. The first-order chi connectivity index (χ1) is 10.3. The van der Waals surface area contributed by atoms with Gasteiger partial charge in [0.25, 0.3) is 5.91 Å². The van der Waals surface area contributed by atoms with Gasteiger partial charge in [-0.05, 0) is 32.6 Å². The Labute approximate surface area is 126 Å². The topological polar surface area (TPSA) is 77.0 Å². The Morgan fingerprint density at radius 2 is 2.24 bits per heavy atom. The van der Waals surface area contributed by atoms with Crippen molar-refractivity contribution in [3.05, 3.63) is 28.7 Å². The summed E-state index contributed by atoms with van der Waals surface area (Å²) in [5, 5.41) is 3.45. The van der Waals surface area contributed by atoms with Crippen molar-refractivity contribution in [2.45, 2.75) is 32.6 Å². The third-order valence-corrected chi connectivity index (χ3v) is 4.31. The highest BCUT2D eigenvalue weighted by atomic mass is 32.1. The normalized spacial score (nSPS) is 13.6. The summed E-state index contributed by atoms with van der Waals surface area (Å²) in [6, 6.07) is 1.53. The molecular weight excluding hydrogens is 288 g/mol. The SMILES string of the molecule is CCOc1cc(C(=O)Nc2nc3c(s2)CCCC3)ncn1. The quantitative estimate of drug-likeness (QED) is 0.939. The van der Waals surface area contributed by atoms with Gasteiger partial charge < -0.3 is 4.74 Å². The molecule has 21 heavy (non-hydrogen) atoms. The zero-order valence-electron chi connectivity index (χ0n) is 11.8. The van der Waals surface area contributed by atoms with Gasteiger partial charge in [0.15, 0.2) is 5.13 Å². The van der Waals surface area contributed by atoms with Gasteiger partial charge in [-0.2, -0.15) is 0 Å². The highest BCUT2D eigenvalue weighted by molar-refractivity contribution is 7.15. The molecule has 0 bridgehead atoms. The summed E-state index contributed by atoms with van der Waals surface area (Å²) < 4.78 is 5.27. The molecule has 0 radical (unpaired) electrons. The summed E-state index contributed by atoms with van der Waals surface area (Å²) in [7, 11) is 0. The third kappa shape index (κ3) is 3.18. The highest BCUT2D eigenvalue weighted by Gasteiger charge is 2.17. The van der Waals surface area contributed by atoms with Crippen LogP contribution in [0.3, 0.4) is 0 Å². The largest absolute Gasteiger partial charge is 0.478 e. The van der Waals surface area contributed by atoms with Crippen LogP contribution in [-0.2, 0) is 12.8 Å². The Morgan fingerprint density at radius 3 is 3.05 bits per heavy atom. The average Bonchev–Trinajstić information content (AvgIpc) is 2.90. The summed E-state index contributed by atoms with van der Waals surface area (Å²) in [6.45, 7) is 2.36. The van der Waals surface area contributed by atoms with Crippen LogP contribution in [0.2, 0.25) is 0 Å². The van der Waals surface area contributed by atoms with Crippen LogP contribution in [0.4, 0.5) is 5.13 Å². The lowest BCUT2D eigenvalue weighted by Crippen LogP contribution is -2.14. The fourth-order valence-corrected chi connectivity index (χ4v) is 3.30. The number of aromatic nitrogens is 3. The maximum absolute atomic E-state index is 12.2. The van der Waals surface area contributed by atoms with Gasteiger partial charge in [0.05, 0.1) is 12.3 Å². The van der Waals surface area contributed by atoms with E-state index in [1.54, 1.807) is 11.3 Å². The smallest absolute Gasteiger partial charge is 0.276 e. The van der Waals surface area contributed by atoms with Crippen molar-refractivity contribution in [1.82, 2.24) is 15.0 Å². The minimum absolute atomic E-state index is 0.279. The number of hydrogen-bond donors (Lipinski definition) is 1. The van der Waals surface area contributed by atoms with Gasteiger partial charge in [0, 0.05) is 10.9 Å². The van der Waals surface area contributed by atoms with Gasteiger partial charge in [-0.1, -0.05) is 0 Å². The van der Waals surface area contributed by atoms with E-state index in [0.717, 1.165) is 18.5 Å². The van der Waals surface area contributed by atoms with E-state index in [1.807, 2.05) is 6.92 Å². The van der Waals surface area contributed by atoms with E-state index in [2.05, 4.69) is 20.3 Å². The highest BCUT2D eigenvalue weighted by Crippen LogP contribution is 2.29. The fourth-order valence-electron chi connectivity index (χ4n) is 2.26. The molecule has 1 amide bonds. The summed E-state index contributed by atoms with van der Waals surface area (Å²) in [5.74, 6) is 0.112. The van der Waals surface area contributed by atoms with Crippen molar-refractivity contribution >= 4 is 22.4 Å². The summed E-state index contributed by atoms with van der Waals surface area (Å²) in [5.41, 5.74) is 1.40. The lowest BCUT2D eigenvalue weighted by Gasteiger charge is -2.06. The molecule has 110 valence electrons. The number of ether oxygens (including phenoxy) is 1. The number of nitrogens with one attached hydrogen (secondary N) is 1. The van der Waals surface area contributed by atoms with Gasteiger partial charge in [0.2, 0.25) is 5.88 Å². The van der Waals surface area contributed by atoms with Crippen LogP contribution in [0.1, 0.15) is 40.8 Å². The van der Waals surface area contributed by atoms with Gasteiger partial charge in [-0.3, -0.25) is 10.1 Å². The molecule has 1 N–H and O–H groups in total. The van der Waals surface area contributed by atoms with E-state index in [0.29, 0.717) is 17.6 Å². The second kappa shape index (κ2) is 6.17. The third-order valence-electron chi connectivity index (χ3n) is 3.23. The summed E-state index contributed by atoms with van der Waals surface area (Å²) in [4.78, 5) is 25.9. The van der Waals surface area contributed by atoms with Crippen LogP contribution in [0.5, 0.6) is 5.88 Å². The molecule has 2 heterocycles. The number of carbonyl (C=O) groups excluding carboxylic acids is 1. The molecule has 0 aromatic carbocycles. The number of thiazole rings is 1. The van der Waals surface area contributed by atoms with E-state index >= 15 is 0 Å². The molecule has 7 heteroatoms. The van der Waals surface area contributed by atoms with Gasteiger partial charge in [-0.15, -0.1) is 11.3 Å². The second-order valence-corrected chi connectivity index (χ2v) is 5.81. The van der Waals surface area contributed by atoms with Crippen molar-refractivity contribution in [2.75, 3.05) is 11.9 Å². The van der Waals surface area contributed by atoms with Crippen molar-refractivity contribution in [3.63, 3.8) is 0 Å². The monoisotopic (exact) mass is 304 g/mol. The van der Waals surface area contributed by atoms with E-state index < -0.39 is 0 Å². The Morgan fingerprint density at radius 1 is 1.38 bits per heavy atom. The van der Waals surface area contributed by atoms with Gasteiger partial charge >= 0.3 is 0 Å². The van der Waals surface area contributed by atoms with Crippen LogP contribution in [-0.4, -0.2) is 27.5 Å². The Bertz CT molecular complexity index is 633. The molecule has 1 aliphatic rings. The van der Waals surface area contributed by atoms with Gasteiger partial charge in [0.1, 0.15) is 12.0 Å². The number of nitrogens with zero attached hydrogens (tertiary/aromatic N) is 3. The summed E-state index contributed by atoms with van der Waals surface area (Å²) >= 11 is 1.56. The number of rotatable bonds is 4. The molecule has 1 aliphatic carbocycles. The molecule has 0 saturated heterocycles. The maximum Gasteiger partial charge on any atom is 0.276 e. The predicted molar refractivity (Wildman–Crippen MR) is 79.9 cm³/mol. The number of fused-ring (bicyclic) bond motifs is 1. The Balaban J connectivity index is 1.73. The molecule has 0 fully saturated rings. The lowest BCUT2D eigenvalue weighted by molar-refractivity contribution is 0.102. The molecule has 0 unspecified atom stereocenters. The molecule has 0 spiro atoms. The minimum atomic E-state index is -0.288. The molecule has 0 saturated carbocycles. The van der Waals surface area contributed by atoms with Crippen molar-refractivity contribution in [3.8, 4) is 5.88 Å². The number of aryl methyl sites for hydroxylation is 2. The van der Waals surface area contributed by atoms with Crippen LogP contribution in [0.15, 0.2) is 12.4 Å². The van der Waals surface area contributed by atoms with Crippen molar-refractivity contribution in [1.29, 1.82) is 0 Å². The molecular formula is C14H16N4O2S. The van der Waals surface area contributed by atoms with Crippen molar-refractivity contribution in [2.24, 2.45) is 0 Å². The van der Waals surface area contributed by atoms with Gasteiger partial charge in [-0.25, -0.2) is 15.0 Å². The molecule has 3 rings (SSSR count). The predicted octanol–water partition coefficient (Wildman–Crippen LogP) is 2.46. The standard InChI is InChI=1S/C14H16N4O2S/c1-2-20-12-7-10(15-8-16-12)13(19)18-14-17-9-5-3-4-6-11(9)21-14/h7-8H,2-6H2,1H3,(H,17,18,19). The van der Waals surface area contributed by atoms with Crippen LogP contribution in [0, 0.1) is 0 Å². The molecule has 6 nitrogen and oxygen atoms in total. The number of carbonyl (C=O) groups is 1. The fraction of sp³-hybridized carbons (Fsp3) is 0.429. The molecule has 0 aliphatic heterocycles. The number of anilines is 1. The first kappa shape index (κ1) is 13.9. The van der Waals surface area contributed by atoms with E-state index in [9.17, 15) is 4.79 Å². The zero-order valence-corrected chi connectivity index (χ0v) is 12.6.